The van der Waals surface area contributed by atoms with Gasteiger partial charge in [-0.1, -0.05) is 20.3 Å². The molecule has 88 valence electrons. The minimum absolute atomic E-state index is 0.121. The van der Waals surface area contributed by atoms with Gasteiger partial charge in [0.2, 0.25) is 0 Å². The van der Waals surface area contributed by atoms with E-state index in [0.29, 0.717) is 0 Å². The molecule has 0 spiro atoms. The summed E-state index contributed by atoms with van der Waals surface area (Å²) in [5, 5.41) is 0. The van der Waals surface area contributed by atoms with E-state index in [9.17, 15) is 4.79 Å². The van der Waals surface area contributed by atoms with Crippen molar-refractivity contribution in [1.29, 1.82) is 0 Å². The lowest BCUT2D eigenvalue weighted by Crippen LogP contribution is -2.38. The molecule has 1 fully saturated rings. The van der Waals surface area contributed by atoms with Crippen molar-refractivity contribution in [1.82, 2.24) is 4.90 Å². The maximum absolute atomic E-state index is 11.1. The molecular formula is C12H23NOS. The summed E-state index contributed by atoms with van der Waals surface area (Å²) in [6.07, 6.45) is 4.54. The number of rotatable bonds is 5. The van der Waals surface area contributed by atoms with E-state index in [1.54, 1.807) is 0 Å². The van der Waals surface area contributed by atoms with E-state index in [0.717, 1.165) is 32.2 Å². The third-order valence-electron chi connectivity index (χ3n) is 3.01. The Morgan fingerprint density at radius 3 is 2.87 bits per heavy atom. The quantitative estimate of drug-likeness (QED) is 0.675. The Morgan fingerprint density at radius 1 is 1.40 bits per heavy atom. The maximum Gasteiger partial charge on any atom is 0.127 e. The molecule has 3 heteroatoms. The summed E-state index contributed by atoms with van der Waals surface area (Å²) in [6.45, 7) is 7.52. The fraction of sp³-hybridized carbons (Fsp3) is 0.917. The zero-order valence-electron chi connectivity index (χ0n) is 10.00. The predicted octanol–water partition coefficient (Wildman–Crippen LogP) is 2.43. The Morgan fingerprint density at radius 2 is 2.20 bits per heavy atom. The van der Waals surface area contributed by atoms with Crippen LogP contribution in [-0.4, -0.2) is 42.3 Å². The number of nitrogens with zero attached hydrogens (tertiary/aromatic N) is 1. The Hall–Kier alpha value is -0.0200. The maximum atomic E-state index is 11.1. The van der Waals surface area contributed by atoms with Crippen LogP contribution in [0.5, 0.6) is 0 Å². The van der Waals surface area contributed by atoms with Crippen molar-refractivity contribution < 1.29 is 4.79 Å². The third-order valence-corrected chi connectivity index (χ3v) is 4.05. The van der Waals surface area contributed by atoms with E-state index in [2.05, 4.69) is 18.7 Å². The number of hydrogen-bond acceptors (Lipinski definition) is 3. The van der Waals surface area contributed by atoms with Crippen molar-refractivity contribution >= 4 is 18.0 Å². The molecule has 15 heavy (non-hydrogen) atoms. The molecule has 0 aromatic carbocycles. The second kappa shape index (κ2) is 6.54. The number of carbonyl (C=O) groups excluding carboxylic acids is 1. The zero-order chi connectivity index (χ0) is 11.1. The average Bonchev–Trinajstić information content (AvgIpc) is 2.47. The van der Waals surface area contributed by atoms with Gasteiger partial charge >= 0.3 is 0 Å². The van der Waals surface area contributed by atoms with E-state index in [1.165, 1.54) is 24.5 Å². The lowest BCUT2D eigenvalue weighted by Gasteiger charge is -2.30. The highest BCUT2D eigenvalue weighted by molar-refractivity contribution is 7.99. The van der Waals surface area contributed by atoms with Crippen LogP contribution in [-0.2, 0) is 4.79 Å². The van der Waals surface area contributed by atoms with Crippen LogP contribution in [0.15, 0.2) is 0 Å². The molecule has 0 radical (unpaired) electrons. The van der Waals surface area contributed by atoms with E-state index in [4.69, 9.17) is 0 Å². The van der Waals surface area contributed by atoms with Crippen LogP contribution in [0.25, 0.3) is 0 Å². The molecule has 1 rings (SSSR count). The average molecular weight is 229 g/mol. The molecule has 1 atom stereocenters. The number of carbonyl (C=O) groups is 1. The van der Waals surface area contributed by atoms with Crippen LogP contribution in [0.1, 0.15) is 33.1 Å². The van der Waals surface area contributed by atoms with Gasteiger partial charge in [0.15, 0.2) is 0 Å². The number of aldehydes is 1. The van der Waals surface area contributed by atoms with Gasteiger partial charge in [-0.3, -0.25) is 0 Å². The van der Waals surface area contributed by atoms with E-state index < -0.39 is 0 Å². The predicted molar refractivity (Wildman–Crippen MR) is 67.5 cm³/mol. The van der Waals surface area contributed by atoms with Gasteiger partial charge in [-0.05, 0) is 25.1 Å². The van der Waals surface area contributed by atoms with Gasteiger partial charge in [-0.15, -0.1) is 0 Å². The summed E-state index contributed by atoms with van der Waals surface area (Å²) in [5.74, 6) is 2.50. The molecule has 1 aliphatic heterocycles. The minimum atomic E-state index is -0.121. The molecule has 1 heterocycles. The lowest BCUT2D eigenvalue weighted by molar-refractivity contribution is -0.116. The Kier molecular flexibility index (Phi) is 5.69. The molecule has 0 aliphatic carbocycles. The van der Waals surface area contributed by atoms with Gasteiger partial charge in [-0.25, -0.2) is 0 Å². The molecule has 1 saturated heterocycles. The molecule has 0 N–H and O–H groups in total. The van der Waals surface area contributed by atoms with Gasteiger partial charge in [0.05, 0.1) is 0 Å². The van der Waals surface area contributed by atoms with Crippen LogP contribution in [0.4, 0.5) is 0 Å². The molecule has 1 aliphatic rings. The van der Waals surface area contributed by atoms with Crippen LogP contribution >= 0.6 is 11.8 Å². The first-order valence-electron chi connectivity index (χ1n) is 5.96. The van der Waals surface area contributed by atoms with Crippen LogP contribution in [0, 0.1) is 5.41 Å². The summed E-state index contributed by atoms with van der Waals surface area (Å²) in [4.78, 5) is 13.6. The third kappa shape index (κ3) is 4.56. The largest absolute Gasteiger partial charge is 0.303 e. The molecular weight excluding hydrogens is 206 g/mol. The highest BCUT2D eigenvalue weighted by atomic mass is 32.2. The van der Waals surface area contributed by atoms with Crippen molar-refractivity contribution in [3.63, 3.8) is 0 Å². The SMILES string of the molecule is CCCC(C)(C=O)CN1CCCSCC1. The van der Waals surface area contributed by atoms with E-state index in [1.807, 2.05) is 11.8 Å². The van der Waals surface area contributed by atoms with Gasteiger partial charge < -0.3 is 9.69 Å². The summed E-state index contributed by atoms with van der Waals surface area (Å²) in [5.41, 5.74) is -0.121. The molecule has 0 saturated carbocycles. The lowest BCUT2D eigenvalue weighted by atomic mass is 9.86. The molecule has 2 nitrogen and oxygen atoms in total. The normalized spacial score (nSPS) is 23.1. The van der Waals surface area contributed by atoms with Crippen molar-refractivity contribution in [3.05, 3.63) is 0 Å². The summed E-state index contributed by atoms with van der Waals surface area (Å²) >= 11 is 2.04. The first kappa shape index (κ1) is 13.0. The van der Waals surface area contributed by atoms with Crippen LogP contribution < -0.4 is 0 Å². The Balaban J connectivity index is 2.45. The first-order valence-corrected chi connectivity index (χ1v) is 7.12. The van der Waals surface area contributed by atoms with Crippen molar-refractivity contribution in [2.75, 3.05) is 31.1 Å². The molecule has 1 unspecified atom stereocenters. The van der Waals surface area contributed by atoms with E-state index >= 15 is 0 Å². The highest BCUT2D eigenvalue weighted by Gasteiger charge is 2.25. The fourth-order valence-electron chi connectivity index (χ4n) is 2.21. The number of thioether (sulfide) groups is 1. The molecule has 0 amide bonds. The summed E-state index contributed by atoms with van der Waals surface area (Å²) < 4.78 is 0. The van der Waals surface area contributed by atoms with Gasteiger partial charge in [0.1, 0.15) is 6.29 Å². The molecule has 0 bridgehead atoms. The van der Waals surface area contributed by atoms with Gasteiger partial charge in [0, 0.05) is 24.3 Å². The van der Waals surface area contributed by atoms with E-state index in [-0.39, 0.29) is 5.41 Å². The molecule has 0 aromatic heterocycles. The number of hydrogen-bond donors (Lipinski definition) is 0. The Labute approximate surface area is 97.8 Å². The summed E-state index contributed by atoms with van der Waals surface area (Å²) in [7, 11) is 0. The highest BCUT2D eigenvalue weighted by Crippen LogP contribution is 2.23. The van der Waals surface area contributed by atoms with Crippen molar-refractivity contribution in [2.45, 2.75) is 33.1 Å². The van der Waals surface area contributed by atoms with Crippen LogP contribution in [0.3, 0.4) is 0 Å². The first-order chi connectivity index (χ1) is 7.20. The summed E-state index contributed by atoms with van der Waals surface area (Å²) in [6, 6.07) is 0. The van der Waals surface area contributed by atoms with Crippen LogP contribution in [0.2, 0.25) is 0 Å². The second-order valence-corrected chi connectivity index (χ2v) is 5.99. The second-order valence-electron chi connectivity index (χ2n) is 4.76. The van der Waals surface area contributed by atoms with Crippen molar-refractivity contribution in [2.24, 2.45) is 5.41 Å². The standard InChI is InChI=1S/C12H23NOS/c1-3-5-12(2,11-14)10-13-6-4-8-15-9-7-13/h11H,3-10H2,1-2H3. The Bertz CT molecular complexity index is 190. The van der Waals surface area contributed by atoms with Crippen molar-refractivity contribution in [3.8, 4) is 0 Å². The fourth-order valence-corrected chi connectivity index (χ4v) is 3.14. The van der Waals surface area contributed by atoms with Gasteiger partial charge in [-0.2, -0.15) is 11.8 Å². The zero-order valence-corrected chi connectivity index (χ0v) is 10.8. The monoisotopic (exact) mass is 229 g/mol. The topological polar surface area (TPSA) is 20.3 Å². The minimum Gasteiger partial charge on any atom is -0.303 e. The smallest absolute Gasteiger partial charge is 0.127 e. The molecule has 0 aromatic rings. The van der Waals surface area contributed by atoms with Gasteiger partial charge in [0.25, 0.3) is 0 Å².